The van der Waals surface area contributed by atoms with Crippen LogP contribution in [0.5, 0.6) is 0 Å². The average Bonchev–Trinajstić information content (AvgIpc) is 3.15. The molecule has 0 fully saturated rings. The second-order valence-corrected chi connectivity index (χ2v) is 12.3. The minimum absolute atomic E-state index is 0.00306. The Morgan fingerprint density at radius 2 is 1.69 bits per heavy atom. The molecular weight excluding hydrogens is 704 g/mol. The summed E-state index contributed by atoms with van der Waals surface area (Å²) in [6, 6.07) is 4.33. The smallest absolute Gasteiger partial charge is 0.326 e. The SMILES string of the molecule is [N-]=[N+]=NCCC(=O)N[C@@H](CCCCN)C(=O)CCCOCCCC(=O)CC[C@H](NC(=O)c1ccc(NCc2cnc3nc(N)[nH]c(=O)c3n2)cc1)C(=O)O. The van der Waals surface area contributed by atoms with E-state index in [1.807, 2.05) is 0 Å². The molecule has 0 radical (unpaired) electrons. The topological polar surface area (TPSA) is 323 Å². The molecule has 1 aromatic carbocycles. The summed E-state index contributed by atoms with van der Waals surface area (Å²) < 4.78 is 5.56. The van der Waals surface area contributed by atoms with Crippen molar-refractivity contribution in [3.8, 4) is 0 Å². The van der Waals surface area contributed by atoms with E-state index in [0.717, 1.165) is 0 Å². The number of nitrogen functional groups attached to an aromatic ring is 1. The molecule has 2 atom stereocenters. The number of nitrogens with one attached hydrogen (secondary N) is 4. The lowest BCUT2D eigenvalue weighted by Gasteiger charge is -2.17. The average molecular weight is 751 g/mol. The Bertz CT molecular complexity index is 1850. The maximum Gasteiger partial charge on any atom is 0.326 e. The van der Waals surface area contributed by atoms with Gasteiger partial charge in [-0.1, -0.05) is 5.11 Å². The number of carbonyl (C=O) groups is 5. The molecule has 20 heteroatoms. The number of carbonyl (C=O) groups excluding carboxylic acids is 4. The van der Waals surface area contributed by atoms with Crippen LogP contribution in [0.15, 0.2) is 40.4 Å². The van der Waals surface area contributed by atoms with E-state index in [2.05, 4.69) is 45.9 Å². The Balaban J connectivity index is 1.34. The predicted octanol–water partition coefficient (Wildman–Crippen LogP) is 1.90. The highest BCUT2D eigenvalue weighted by atomic mass is 16.5. The molecule has 0 bridgehead atoms. The summed E-state index contributed by atoms with van der Waals surface area (Å²) in [7, 11) is 0. The second-order valence-electron chi connectivity index (χ2n) is 12.3. The molecule has 2 heterocycles. The summed E-state index contributed by atoms with van der Waals surface area (Å²) in [5.74, 6) is -2.63. The first-order valence-corrected chi connectivity index (χ1v) is 17.5. The van der Waals surface area contributed by atoms with Crippen molar-refractivity contribution in [2.45, 2.75) is 82.8 Å². The van der Waals surface area contributed by atoms with Crippen molar-refractivity contribution >= 4 is 52.1 Å². The summed E-state index contributed by atoms with van der Waals surface area (Å²) in [6.07, 6.45) is 4.31. The zero-order valence-corrected chi connectivity index (χ0v) is 29.8. The first-order chi connectivity index (χ1) is 26.0. The highest BCUT2D eigenvalue weighted by Crippen LogP contribution is 2.13. The fraction of sp³-hybridized carbons (Fsp3) is 0.500. The number of aromatic nitrogens is 4. The molecule has 290 valence electrons. The van der Waals surface area contributed by atoms with Gasteiger partial charge in [0.15, 0.2) is 16.9 Å². The number of azide groups is 1. The molecule has 20 nitrogen and oxygen atoms in total. The van der Waals surface area contributed by atoms with Gasteiger partial charge in [0, 0.05) is 61.6 Å². The van der Waals surface area contributed by atoms with Crippen LogP contribution in [0.4, 0.5) is 11.6 Å². The van der Waals surface area contributed by atoms with Gasteiger partial charge in [-0.15, -0.1) is 0 Å². The zero-order valence-electron chi connectivity index (χ0n) is 29.8. The third-order valence-electron chi connectivity index (χ3n) is 8.05. The number of H-pyrrole nitrogens is 1. The van der Waals surface area contributed by atoms with E-state index in [0.29, 0.717) is 50.0 Å². The Morgan fingerprint density at radius 1 is 0.944 bits per heavy atom. The van der Waals surface area contributed by atoms with Crippen molar-refractivity contribution in [2.24, 2.45) is 10.8 Å². The number of ether oxygens (including phenoxy) is 1. The number of carboxylic acids is 1. The number of aromatic amines is 1. The number of fused-ring (bicyclic) bond motifs is 1. The number of rotatable bonds is 26. The van der Waals surface area contributed by atoms with Gasteiger partial charge in [-0.05, 0) is 74.9 Å². The van der Waals surface area contributed by atoms with Gasteiger partial charge in [0.25, 0.3) is 11.5 Å². The van der Waals surface area contributed by atoms with E-state index in [1.54, 1.807) is 12.1 Å². The van der Waals surface area contributed by atoms with Gasteiger partial charge in [0.05, 0.1) is 24.5 Å². The van der Waals surface area contributed by atoms with Crippen molar-refractivity contribution in [1.82, 2.24) is 30.6 Å². The molecule has 54 heavy (non-hydrogen) atoms. The van der Waals surface area contributed by atoms with Gasteiger partial charge < -0.3 is 37.3 Å². The molecule has 0 aliphatic heterocycles. The van der Waals surface area contributed by atoms with Gasteiger partial charge in [0.1, 0.15) is 11.8 Å². The summed E-state index contributed by atoms with van der Waals surface area (Å²) in [5, 5.41) is 21.2. The van der Waals surface area contributed by atoms with Crippen molar-refractivity contribution < 1.29 is 33.8 Å². The predicted molar refractivity (Wildman–Crippen MR) is 197 cm³/mol. The molecule has 0 aliphatic carbocycles. The lowest BCUT2D eigenvalue weighted by molar-refractivity contribution is -0.139. The molecule has 0 saturated carbocycles. The van der Waals surface area contributed by atoms with Crippen LogP contribution in [0, 0.1) is 0 Å². The monoisotopic (exact) mass is 750 g/mol. The van der Waals surface area contributed by atoms with Crippen LogP contribution >= 0.6 is 0 Å². The van der Waals surface area contributed by atoms with Crippen molar-refractivity contribution in [1.29, 1.82) is 0 Å². The number of hydrogen-bond donors (Lipinski definition) is 7. The summed E-state index contributed by atoms with van der Waals surface area (Å²) in [4.78, 5) is 91.2. The van der Waals surface area contributed by atoms with E-state index in [4.69, 9.17) is 21.7 Å². The van der Waals surface area contributed by atoms with Gasteiger partial charge in [-0.2, -0.15) is 4.98 Å². The highest BCUT2D eigenvalue weighted by molar-refractivity contribution is 5.97. The first kappa shape index (κ1) is 42.4. The van der Waals surface area contributed by atoms with Crippen LogP contribution < -0.4 is 33.0 Å². The number of benzene rings is 1. The first-order valence-electron chi connectivity index (χ1n) is 17.5. The number of nitrogens with zero attached hydrogens (tertiary/aromatic N) is 6. The normalized spacial score (nSPS) is 11.9. The molecule has 2 aromatic heterocycles. The molecule has 9 N–H and O–H groups in total. The lowest BCUT2D eigenvalue weighted by Crippen LogP contribution is -2.41. The van der Waals surface area contributed by atoms with Gasteiger partial charge >= 0.3 is 5.97 Å². The van der Waals surface area contributed by atoms with Crippen LogP contribution in [0.25, 0.3) is 21.6 Å². The summed E-state index contributed by atoms with van der Waals surface area (Å²) >= 11 is 0. The van der Waals surface area contributed by atoms with Crippen LogP contribution in [0.2, 0.25) is 0 Å². The Kier molecular flexibility index (Phi) is 18.0. The molecule has 3 aromatic rings. The Labute approximate surface area is 309 Å². The summed E-state index contributed by atoms with van der Waals surface area (Å²) in [6.45, 7) is 1.23. The Morgan fingerprint density at radius 3 is 2.39 bits per heavy atom. The molecule has 0 saturated heterocycles. The third kappa shape index (κ3) is 14.9. The number of ketones is 2. The van der Waals surface area contributed by atoms with E-state index in [9.17, 15) is 33.9 Å². The van der Waals surface area contributed by atoms with Crippen LogP contribution in [-0.4, -0.2) is 92.8 Å². The molecule has 2 amide bonds. The maximum absolute atomic E-state index is 12.8. The number of aliphatic carboxylic acids is 1. The number of anilines is 2. The van der Waals surface area contributed by atoms with Gasteiger partial charge in [-0.25, -0.2) is 14.8 Å². The minimum atomic E-state index is -1.28. The molecule has 0 spiro atoms. The van der Waals surface area contributed by atoms with E-state index >= 15 is 0 Å². The molecule has 3 rings (SSSR count). The van der Waals surface area contributed by atoms with E-state index in [-0.39, 0.29) is 98.6 Å². The quantitative estimate of drug-likeness (QED) is 0.0267. The fourth-order valence-electron chi connectivity index (χ4n) is 5.18. The van der Waals surface area contributed by atoms with Crippen molar-refractivity contribution in [3.05, 3.63) is 62.5 Å². The maximum atomic E-state index is 12.8. The number of amides is 2. The number of carboxylic acid groups (broad SMARTS) is 1. The third-order valence-corrected chi connectivity index (χ3v) is 8.05. The summed E-state index contributed by atoms with van der Waals surface area (Å²) in [5.41, 5.74) is 20.4. The van der Waals surface area contributed by atoms with Crippen LogP contribution in [0.1, 0.15) is 80.3 Å². The van der Waals surface area contributed by atoms with Crippen LogP contribution in [-0.2, 0) is 30.5 Å². The van der Waals surface area contributed by atoms with Crippen molar-refractivity contribution in [2.75, 3.05) is 37.4 Å². The molecule has 0 aliphatic rings. The fourth-order valence-corrected chi connectivity index (χ4v) is 5.18. The van der Waals surface area contributed by atoms with Crippen molar-refractivity contribution in [3.63, 3.8) is 0 Å². The van der Waals surface area contributed by atoms with Gasteiger partial charge in [0.2, 0.25) is 11.9 Å². The van der Waals surface area contributed by atoms with Crippen LogP contribution in [0.3, 0.4) is 0 Å². The Hall–Kier alpha value is -5.98. The minimum Gasteiger partial charge on any atom is -0.480 e. The number of Topliss-reactive ketones (excluding diaryl/α,β-unsaturated/α-hetero) is 2. The molecule has 0 unspecified atom stereocenters. The highest BCUT2D eigenvalue weighted by Gasteiger charge is 2.22. The van der Waals surface area contributed by atoms with E-state index in [1.165, 1.54) is 18.3 Å². The number of unbranched alkanes of at least 4 members (excludes halogenated alkanes) is 1. The van der Waals surface area contributed by atoms with Gasteiger partial charge in [-0.3, -0.25) is 29.0 Å². The lowest BCUT2D eigenvalue weighted by atomic mass is 10.0. The molecular formula is C34H46N12O8. The van der Waals surface area contributed by atoms with E-state index < -0.39 is 29.5 Å². The number of hydrogen-bond acceptors (Lipinski definition) is 14. The second kappa shape index (κ2) is 22.8. The zero-order chi connectivity index (χ0) is 39.3. The standard InChI is InChI=1S/C34H46N12O8/c35-15-2-1-6-25(42-28(49)14-16-40-46-37)27(48)7-4-18-54-17-3-5-24(47)12-13-26(33(52)53)43-31(50)21-8-10-22(11-9-21)38-19-23-20-39-30-29(41-23)32(51)45-34(36)44-30/h8-11,20,25-26,38H,1-7,12-19,35H2,(H,42,49)(H,43,50)(H,52,53)(H3,36,39,44,45,51)/t25-,26-/m0/s1. The largest absolute Gasteiger partial charge is 0.480 e. The number of nitrogens with two attached hydrogens (primary N) is 2.